The molecule has 0 aromatic carbocycles. The van der Waals surface area contributed by atoms with E-state index in [2.05, 4.69) is 16.6 Å². The van der Waals surface area contributed by atoms with Gasteiger partial charge in [0.05, 0.1) is 0 Å². The number of nitrogens with one attached hydrogen (secondary N) is 1. The standard InChI is InChI=1S/C8H17N3S/c1-10-8(9)11-6-3-4-7(5-6)12-2/h6-7H,3-5H2,1-2H3,(H3,9,10,11). The first-order valence-electron chi connectivity index (χ1n) is 4.28. The fraction of sp³-hybridized carbons (Fsp3) is 0.875. The molecule has 0 aliphatic heterocycles. The quantitative estimate of drug-likeness (QED) is 0.497. The molecule has 0 saturated heterocycles. The Morgan fingerprint density at radius 1 is 1.58 bits per heavy atom. The highest BCUT2D eigenvalue weighted by atomic mass is 32.2. The second-order valence-electron chi connectivity index (χ2n) is 3.12. The molecule has 0 aromatic heterocycles. The first kappa shape index (κ1) is 9.71. The topological polar surface area (TPSA) is 50.4 Å². The van der Waals surface area contributed by atoms with Gasteiger partial charge in [-0.05, 0) is 25.5 Å². The van der Waals surface area contributed by atoms with E-state index in [-0.39, 0.29) is 0 Å². The molecule has 3 N–H and O–H groups in total. The van der Waals surface area contributed by atoms with Gasteiger partial charge in [0.1, 0.15) is 0 Å². The lowest BCUT2D eigenvalue weighted by Gasteiger charge is -2.12. The predicted octanol–water partition coefficient (Wildman–Crippen LogP) is 0.805. The van der Waals surface area contributed by atoms with Crippen LogP contribution in [0, 0.1) is 0 Å². The summed E-state index contributed by atoms with van der Waals surface area (Å²) in [6.45, 7) is 0. The van der Waals surface area contributed by atoms with Crippen molar-refractivity contribution in [3.8, 4) is 0 Å². The van der Waals surface area contributed by atoms with Gasteiger partial charge in [0.25, 0.3) is 0 Å². The van der Waals surface area contributed by atoms with Crippen molar-refractivity contribution in [3.63, 3.8) is 0 Å². The molecule has 0 bridgehead atoms. The van der Waals surface area contributed by atoms with E-state index < -0.39 is 0 Å². The Hall–Kier alpha value is -0.380. The molecule has 1 aliphatic rings. The summed E-state index contributed by atoms with van der Waals surface area (Å²) in [7, 11) is 1.71. The van der Waals surface area contributed by atoms with Crippen molar-refractivity contribution in [2.45, 2.75) is 30.6 Å². The molecular weight excluding hydrogens is 170 g/mol. The third-order valence-electron chi connectivity index (χ3n) is 2.31. The molecule has 0 spiro atoms. The van der Waals surface area contributed by atoms with Gasteiger partial charge in [0, 0.05) is 18.3 Å². The van der Waals surface area contributed by atoms with Crippen LogP contribution in [0.25, 0.3) is 0 Å². The van der Waals surface area contributed by atoms with Crippen LogP contribution in [0.15, 0.2) is 4.99 Å². The van der Waals surface area contributed by atoms with E-state index in [1.807, 2.05) is 11.8 Å². The molecule has 3 nitrogen and oxygen atoms in total. The number of nitrogens with two attached hydrogens (primary N) is 1. The van der Waals surface area contributed by atoms with Crippen molar-refractivity contribution in [1.82, 2.24) is 5.32 Å². The number of guanidine groups is 1. The van der Waals surface area contributed by atoms with Gasteiger partial charge in [-0.2, -0.15) is 11.8 Å². The summed E-state index contributed by atoms with van der Waals surface area (Å²) in [6.07, 6.45) is 5.92. The Balaban J connectivity index is 2.28. The van der Waals surface area contributed by atoms with Gasteiger partial charge in [-0.25, -0.2) is 0 Å². The summed E-state index contributed by atoms with van der Waals surface area (Å²) in [6, 6.07) is 0.547. The molecule has 0 aromatic rings. The molecule has 1 saturated carbocycles. The first-order chi connectivity index (χ1) is 5.76. The van der Waals surface area contributed by atoms with E-state index in [0.29, 0.717) is 12.0 Å². The van der Waals surface area contributed by atoms with Crippen molar-refractivity contribution in [1.29, 1.82) is 0 Å². The van der Waals surface area contributed by atoms with E-state index in [4.69, 9.17) is 5.73 Å². The van der Waals surface area contributed by atoms with Crippen LogP contribution in [-0.4, -0.2) is 30.6 Å². The molecule has 0 heterocycles. The van der Waals surface area contributed by atoms with Crippen molar-refractivity contribution in [2.24, 2.45) is 10.7 Å². The summed E-state index contributed by atoms with van der Waals surface area (Å²) in [4.78, 5) is 3.88. The zero-order chi connectivity index (χ0) is 8.97. The highest BCUT2D eigenvalue weighted by Crippen LogP contribution is 2.27. The Labute approximate surface area is 78.2 Å². The third-order valence-corrected chi connectivity index (χ3v) is 3.41. The fourth-order valence-electron chi connectivity index (χ4n) is 1.56. The molecule has 0 radical (unpaired) electrons. The third kappa shape index (κ3) is 2.59. The number of nitrogens with zero attached hydrogens (tertiary/aromatic N) is 1. The molecular formula is C8H17N3S. The monoisotopic (exact) mass is 187 g/mol. The zero-order valence-corrected chi connectivity index (χ0v) is 8.53. The van der Waals surface area contributed by atoms with Crippen LogP contribution in [-0.2, 0) is 0 Å². The van der Waals surface area contributed by atoms with Crippen LogP contribution in [0.1, 0.15) is 19.3 Å². The van der Waals surface area contributed by atoms with Gasteiger partial charge < -0.3 is 11.1 Å². The molecule has 1 rings (SSSR count). The highest BCUT2D eigenvalue weighted by Gasteiger charge is 2.23. The average molecular weight is 187 g/mol. The second kappa shape index (κ2) is 4.60. The lowest BCUT2D eigenvalue weighted by Crippen LogP contribution is -2.38. The molecule has 4 heteroatoms. The Bertz CT molecular complexity index is 170. The SMILES string of the molecule is CN=C(N)NC1CCC(SC)C1. The summed E-state index contributed by atoms with van der Waals surface area (Å²) < 4.78 is 0. The molecule has 12 heavy (non-hydrogen) atoms. The van der Waals surface area contributed by atoms with Gasteiger partial charge >= 0.3 is 0 Å². The fourth-order valence-corrected chi connectivity index (χ4v) is 2.36. The number of rotatable bonds is 2. The lowest BCUT2D eigenvalue weighted by atomic mass is 10.2. The normalized spacial score (nSPS) is 30.7. The zero-order valence-electron chi connectivity index (χ0n) is 7.71. The Morgan fingerprint density at radius 3 is 2.83 bits per heavy atom. The van der Waals surface area contributed by atoms with Gasteiger partial charge in [-0.15, -0.1) is 0 Å². The smallest absolute Gasteiger partial charge is 0.188 e. The molecule has 2 atom stereocenters. The maximum Gasteiger partial charge on any atom is 0.188 e. The average Bonchev–Trinajstić information content (AvgIpc) is 2.52. The van der Waals surface area contributed by atoms with Crippen LogP contribution < -0.4 is 11.1 Å². The number of aliphatic imine (C=N–C) groups is 1. The van der Waals surface area contributed by atoms with E-state index in [1.54, 1.807) is 7.05 Å². The van der Waals surface area contributed by atoms with Crippen molar-refractivity contribution >= 4 is 17.7 Å². The maximum absolute atomic E-state index is 5.57. The first-order valence-corrected chi connectivity index (χ1v) is 5.56. The minimum absolute atomic E-state index is 0.547. The van der Waals surface area contributed by atoms with Crippen LogP contribution in [0.2, 0.25) is 0 Å². The lowest BCUT2D eigenvalue weighted by molar-refractivity contribution is 0.628. The van der Waals surface area contributed by atoms with Crippen LogP contribution >= 0.6 is 11.8 Å². The Kier molecular flexibility index (Phi) is 3.72. The van der Waals surface area contributed by atoms with Crippen molar-refractivity contribution < 1.29 is 0 Å². The van der Waals surface area contributed by atoms with Gasteiger partial charge in [0.2, 0.25) is 0 Å². The minimum Gasteiger partial charge on any atom is -0.370 e. The predicted molar refractivity (Wildman–Crippen MR) is 55.6 cm³/mol. The van der Waals surface area contributed by atoms with E-state index in [0.717, 1.165) is 5.25 Å². The van der Waals surface area contributed by atoms with Crippen molar-refractivity contribution in [3.05, 3.63) is 0 Å². The number of hydrogen-bond acceptors (Lipinski definition) is 2. The second-order valence-corrected chi connectivity index (χ2v) is 4.26. The minimum atomic E-state index is 0.547. The molecule has 70 valence electrons. The van der Waals surface area contributed by atoms with E-state index >= 15 is 0 Å². The van der Waals surface area contributed by atoms with Gasteiger partial charge in [-0.3, -0.25) is 4.99 Å². The Morgan fingerprint density at radius 2 is 2.33 bits per heavy atom. The van der Waals surface area contributed by atoms with Crippen LogP contribution in [0.3, 0.4) is 0 Å². The van der Waals surface area contributed by atoms with Gasteiger partial charge in [-0.1, -0.05) is 0 Å². The summed E-state index contributed by atoms with van der Waals surface area (Å²) in [5.74, 6) is 0.571. The largest absolute Gasteiger partial charge is 0.370 e. The van der Waals surface area contributed by atoms with Gasteiger partial charge in [0.15, 0.2) is 5.96 Å². The summed E-state index contributed by atoms with van der Waals surface area (Å²) >= 11 is 1.95. The maximum atomic E-state index is 5.57. The molecule has 1 fully saturated rings. The van der Waals surface area contributed by atoms with Crippen molar-refractivity contribution in [2.75, 3.05) is 13.3 Å². The molecule has 2 unspecified atom stereocenters. The highest BCUT2D eigenvalue weighted by molar-refractivity contribution is 7.99. The summed E-state index contributed by atoms with van der Waals surface area (Å²) in [5.41, 5.74) is 5.57. The number of thioether (sulfide) groups is 1. The van der Waals surface area contributed by atoms with Crippen LogP contribution in [0.5, 0.6) is 0 Å². The van der Waals surface area contributed by atoms with E-state index in [9.17, 15) is 0 Å². The van der Waals surface area contributed by atoms with E-state index in [1.165, 1.54) is 19.3 Å². The summed E-state index contributed by atoms with van der Waals surface area (Å²) in [5, 5.41) is 4.02. The molecule has 1 aliphatic carbocycles. The molecule has 0 amide bonds. The van der Waals surface area contributed by atoms with Crippen LogP contribution in [0.4, 0.5) is 0 Å². The number of hydrogen-bond donors (Lipinski definition) is 2.